The molecule has 0 aliphatic rings. The Labute approximate surface area is 127 Å². The maximum atomic E-state index is 5.07. The van der Waals surface area contributed by atoms with Gasteiger partial charge in [-0.05, 0) is 24.1 Å². The van der Waals surface area contributed by atoms with Crippen LogP contribution in [-0.4, -0.2) is 29.8 Å². The Bertz CT molecular complexity index is 490. The minimum Gasteiger partial charge on any atom is -0.383 e. The van der Waals surface area contributed by atoms with Gasteiger partial charge in [0.15, 0.2) is 0 Å². The van der Waals surface area contributed by atoms with Crippen LogP contribution in [0.3, 0.4) is 0 Å². The molecule has 4 heteroatoms. The van der Waals surface area contributed by atoms with Crippen molar-refractivity contribution in [2.24, 2.45) is 0 Å². The highest BCUT2D eigenvalue weighted by atomic mass is 16.5. The van der Waals surface area contributed by atoms with Crippen molar-refractivity contribution in [3.05, 3.63) is 30.1 Å². The van der Waals surface area contributed by atoms with E-state index in [-0.39, 0.29) is 0 Å². The molecule has 21 heavy (non-hydrogen) atoms. The number of aromatic nitrogens is 2. The summed E-state index contributed by atoms with van der Waals surface area (Å²) in [5.74, 6) is 0. The number of nitrogens with one attached hydrogen (secondary N) is 1. The number of hydrogen-bond acceptors (Lipinski definition) is 3. The predicted octanol–water partition coefficient (Wildman–Crippen LogP) is 3.35. The number of hydrogen-bond donors (Lipinski definition) is 1. The van der Waals surface area contributed by atoms with Crippen molar-refractivity contribution in [2.45, 2.75) is 45.7 Å². The van der Waals surface area contributed by atoms with E-state index < -0.39 is 0 Å². The summed E-state index contributed by atoms with van der Waals surface area (Å²) in [6, 6.07) is 4.18. The summed E-state index contributed by atoms with van der Waals surface area (Å²) < 4.78 is 7.37. The molecule has 2 aromatic rings. The van der Waals surface area contributed by atoms with Crippen LogP contribution >= 0.6 is 0 Å². The Morgan fingerprint density at radius 1 is 1.29 bits per heavy atom. The van der Waals surface area contributed by atoms with E-state index in [0.717, 1.165) is 31.9 Å². The molecule has 1 N–H and O–H groups in total. The number of fused-ring (bicyclic) bond motifs is 1. The zero-order valence-corrected chi connectivity index (χ0v) is 13.3. The second-order valence-electron chi connectivity index (χ2n) is 5.45. The molecule has 0 aliphatic carbocycles. The van der Waals surface area contributed by atoms with Gasteiger partial charge in [0.1, 0.15) is 5.65 Å². The van der Waals surface area contributed by atoms with Gasteiger partial charge >= 0.3 is 0 Å². The standard InChI is InChI=1S/C17H27N3O/c1-3-4-5-6-11-20-14-15(13-18-10-12-21-2)16-8-7-9-19-17(16)20/h7-9,14,18H,3-6,10-13H2,1-2H3. The third-order valence-corrected chi connectivity index (χ3v) is 3.77. The zero-order chi connectivity index (χ0) is 14.9. The van der Waals surface area contributed by atoms with E-state index >= 15 is 0 Å². The van der Waals surface area contributed by atoms with E-state index in [4.69, 9.17) is 4.74 Å². The van der Waals surface area contributed by atoms with E-state index in [1.165, 1.54) is 36.6 Å². The van der Waals surface area contributed by atoms with Gasteiger partial charge in [-0.1, -0.05) is 26.2 Å². The molecule has 0 bridgehead atoms. The predicted molar refractivity (Wildman–Crippen MR) is 87.5 cm³/mol. The average Bonchev–Trinajstić information content (AvgIpc) is 2.87. The maximum absolute atomic E-state index is 5.07. The van der Waals surface area contributed by atoms with Crippen molar-refractivity contribution < 1.29 is 4.74 Å². The molecule has 0 saturated carbocycles. The molecule has 2 rings (SSSR count). The van der Waals surface area contributed by atoms with Gasteiger partial charge in [-0.3, -0.25) is 0 Å². The monoisotopic (exact) mass is 289 g/mol. The number of unbranched alkanes of at least 4 members (excludes halogenated alkanes) is 3. The zero-order valence-electron chi connectivity index (χ0n) is 13.3. The molecule has 0 aliphatic heterocycles. The summed E-state index contributed by atoms with van der Waals surface area (Å²) in [6.07, 6.45) is 9.25. The topological polar surface area (TPSA) is 39.1 Å². The number of ether oxygens (including phenoxy) is 1. The quantitative estimate of drug-likeness (QED) is 0.682. The third kappa shape index (κ3) is 4.55. The van der Waals surface area contributed by atoms with E-state index in [2.05, 4.69) is 34.1 Å². The largest absolute Gasteiger partial charge is 0.383 e. The molecule has 0 amide bonds. The summed E-state index contributed by atoms with van der Waals surface area (Å²) in [7, 11) is 1.73. The average molecular weight is 289 g/mol. The van der Waals surface area contributed by atoms with Gasteiger partial charge in [-0.25, -0.2) is 4.98 Å². The molecule has 116 valence electrons. The number of nitrogens with zero attached hydrogens (tertiary/aromatic N) is 2. The van der Waals surface area contributed by atoms with Crippen molar-refractivity contribution in [1.82, 2.24) is 14.9 Å². The highest BCUT2D eigenvalue weighted by molar-refractivity contribution is 5.80. The molecular formula is C17H27N3O. The van der Waals surface area contributed by atoms with E-state index in [0.29, 0.717) is 0 Å². The summed E-state index contributed by atoms with van der Waals surface area (Å²) in [5, 5.41) is 4.68. The minimum absolute atomic E-state index is 0.744. The first-order chi connectivity index (χ1) is 10.4. The summed E-state index contributed by atoms with van der Waals surface area (Å²) in [5.41, 5.74) is 2.43. The number of rotatable bonds is 10. The highest BCUT2D eigenvalue weighted by Gasteiger charge is 2.08. The molecule has 2 aromatic heterocycles. The van der Waals surface area contributed by atoms with Gasteiger partial charge in [-0.2, -0.15) is 0 Å². The fourth-order valence-corrected chi connectivity index (χ4v) is 2.61. The molecule has 4 nitrogen and oxygen atoms in total. The first-order valence-electron chi connectivity index (χ1n) is 7.99. The van der Waals surface area contributed by atoms with Gasteiger partial charge in [-0.15, -0.1) is 0 Å². The molecular weight excluding hydrogens is 262 g/mol. The molecule has 0 atom stereocenters. The van der Waals surface area contributed by atoms with Crippen molar-refractivity contribution in [2.75, 3.05) is 20.3 Å². The van der Waals surface area contributed by atoms with E-state index in [1.54, 1.807) is 7.11 Å². The van der Waals surface area contributed by atoms with Gasteiger partial charge < -0.3 is 14.6 Å². The fourth-order valence-electron chi connectivity index (χ4n) is 2.61. The molecule has 2 heterocycles. The van der Waals surface area contributed by atoms with Crippen LogP contribution in [0, 0.1) is 0 Å². The summed E-state index contributed by atoms with van der Waals surface area (Å²) in [4.78, 5) is 4.56. The van der Waals surface area contributed by atoms with Crippen LogP contribution in [0.4, 0.5) is 0 Å². The van der Waals surface area contributed by atoms with Crippen molar-refractivity contribution in [3.8, 4) is 0 Å². The smallest absolute Gasteiger partial charge is 0.140 e. The number of aryl methyl sites for hydroxylation is 1. The number of methoxy groups -OCH3 is 1. The molecule has 0 aromatic carbocycles. The van der Waals surface area contributed by atoms with Gasteiger partial charge in [0, 0.05) is 44.5 Å². The van der Waals surface area contributed by atoms with Crippen LogP contribution in [0.15, 0.2) is 24.5 Å². The Kier molecular flexibility index (Phi) is 6.70. The molecule has 0 unspecified atom stereocenters. The first-order valence-corrected chi connectivity index (χ1v) is 7.99. The molecule has 0 spiro atoms. The van der Waals surface area contributed by atoms with Gasteiger partial charge in [0.2, 0.25) is 0 Å². The van der Waals surface area contributed by atoms with E-state index in [1.807, 2.05) is 12.3 Å². The van der Waals surface area contributed by atoms with Crippen LogP contribution in [-0.2, 0) is 17.8 Å². The Morgan fingerprint density at radius 2 is 2.19 bits per heavy atom. The Morgan fingerprint density at radius 3 is 3.00 bits per heavy atom. The van der Waals surface area contributed by atoms with Crippen molar-refractivity contribution in [1.29, 1.82) is 0 Å². The minimum atomic E-state index is 0.744. The lowest BCUT2D eigenvalue weighted by atomic mass is 10.2. The lowest BCUT2D eigenvalue weighted by Crippen LogP contribution is -2.18. The van der Waals surface area contributed by atoms with Crippen LogP contribution in [0.1, 0.15) is 38.2 Å². The first kappa shape index (κ1) is 16.0. The second kappa shape index (κ2) is 8.80. The second-order valence-corrected chi connectivity index (χ2v) is 5.45. The lowest BCUT2D eigenvalue weighted by molar-refractivity contribution is 0.199. The van der Waals surface area contributed by atoms with Crippen LogP contribution in [0.25, 0.3) is 11.0 Å². The van der Waals surface area contributed by atoms with E-state index in [9.17, 15) is 0 Å². The van der Waals surface area contributed by atoms with Crippen LogP contribution < -0.4 is 5.32 Å². The summed E-state index contributed by atoms with van der Waals surface area (Å²) >= 11 is 0. The third-order valence-electron chi connectivity index (χ3n) is 3.77. The normalized spacial score (nSPS) is 11.3. The van der Waals surface area contributed by atoms with Crippen LogP contribution in [0.2, 0.25) is 0 Å². The Balaban J connectivity index is 2.03. The van der Waals surface area contributed by atoms with Crippen molar-refractivity contribution >= 4 is 11.0 Å². The lowest BCUT2D eigenvalue weighted by Gasteiger charge is -2.03. The molecule has 0 radical (unpaired) electrons. The maximum Gasteiger partial charge on any atom is 0.140 e. The van der Waals surface area contributed by atoms with Gasteiger partial charge in [0.25, 0.3) is 0 Å². The van der Waals surface area contributed by atoms with Crippen molar-refractivity contribution in [3.63, 3.8) is 0 Å². The highest BCUT2D eigenvalue weighted by Crippen LogP contribution is 2.20. The van der Waals surface area contributed by atoms with Gasteiger partial charge in [0.05, 0.1) is 6.61 Å². The molecule has 0 saturated heterocycles. The SMILES string of the molecule is CCCCCCn1cc(CNCCOC)c2cccnc21. The number of pyridine rings is 1. The van der Waals surface area contributed by atoms with Crippen LogP contribution in [0.5, 0.6) is 0 Å². The summed E-state index contributed by atoms with van der Waals surface area (Å²) in [6.45, 7) is 5.79. The fraction of sp³-hybridized carbons (Fsp3) is 0.588. The molecule has 0 fully saturated rings. The Hall–Kier alpha value is -1.39.